The highest BCUT2D eigenvalue weighted by molar-refractivity contribution is 5.85. The van der Waals surface area contributed by atoms with Crippen molar-refractivity contribution in [3.05, 3.63) is 22.3 Å². The summed E-state index contributed by atoms with van der Waals surface area (Å²) in [4.78, 5) is 12.6. The largest absolute Gasteiger partial charge is 0.485 e. The van der Waals surface area contributed by atoms with Crippen molar-refractivity contribution >= 4 is 18.4 Å². The predicted molar refractivity (Wildman–Crippen MR) is 132 cm³/mol. The summed E-state index contributed by atoms with van der Waals surface area (Å²) >= 11 is 0. The molecule has 1 heterocycles. The minimum Gasteiger partial charge on any atom is -0.485 e. The maximum absolute atomic E-state index is 12.6. The molecule has 1 aromatic carbocycles. The number of esters is 1. The van der Waals surface area contributed by atoms with Gasteiger partial charge in [-0.15, -0.1) is 12.4 Å². The molecule has 1 aromatic rings. The third-order valence-corrected chi connectivity index (χ3v) is 6.34. The van der Waals surface area contributed by atoms with Crippen LogP contribution >= 0.6 is 12.4 Å². The predicted octanol–water partition coefficient (Wildman–Crippen LogP) is 4.69. The van der Waals surface area contributed by atoms with Gasteiger partial charge in [-0.05, 0) is 83.0 Å². The lowest BCUT2D eigenvalue weighted by atomic mass is 9.87. The van der Waals surface area contributed by atoms with E-state index in [0.29, 0.717) is 25.3 Å². The topological polar surface area (TPSA) is 96.8 Å². The number of ether oxygens (including phenoxy) is 3. The standard InChI is InChI=1S/C25H42N2O4.ClH/c1-6-7-10-15-29-16-25(5)13-12-20-19(4)22(17(2)18(3)23(20)31-25)30-24(28)21(27)11-8-9-14-26;/h21H,6-16,26-27H2,1-5H3;1H/t21-,25-;/m0./s1. The zero-order chi connectivity index (χ0) is 23.0. The molecule has 2 atom stereocenters. The first-order chi connectivity index (χ1) is 14.7. The van der Waals surface area contributed by atoms with E-state index in [0.717, 1.165) is 66.7 Å². The van der Waals surface area contributed by atoms with Gasteiger partial charge in [0, 0.05) is 12.2 Å². The Morgan fingerprint density at radius 1 is 1.12 bits per heavy atom. The fourth-order valence-corrected chi connectivity index (χ4v) is 4.08. The quantitative estimate of drug-likeness (QED) is 0.261. The van der Waals surface area contributed by atoms with Crippen LogP contribution in [0.4, 0.5) is 0 Å². The number of carbonyl (C=O) groups excluding carboxylic acids is 1. The smallest absolute Gasteiger partial charge is 0.328 e. The van der Waals surface area contributed by atoms with E-state index in [4.69, 9.17) is 25.7 Å². The summed E-state index contributed by atoms with van der Waals surface area (Å²) in [5.41, 5.74) is 15.2. The lowest BCUT2D eigenvalue weighted by Crippen LogP contribution is -2.41. The van der Waals surface area contributed by atoms with Crippen molar-refractivity contribution < 1.29 is 19.0 Å². The molecule has 0 spiro atoms. The lowest BCUT2D eigenvalue weighted by Gasteiger charge is -2.38. The van der Waals surface area contributed by atoms with Gasteiger partial charge in [-0.2, -0.15) is 0 Å². The minimum atomic E-state index is -0.633. The van der Waals surface area contributed by atoms with E-state index >= 15 is 0 Å². The molecule has 0 fully saturated rings. The fraction of sp³-hybridized carbons (Fsp3) is 0.720. The van der Waals surface area contributed by atoms with Gasteiger partial charge in [0.15, 0.2) is 0 Å². The number of unbranched alkanes of at least 4 members (excludes halogenated alkanes) is 3. The van der Waals surface area contributed by atoms with Crippen LogP contribution in [0.15, 0.2) is 0 Å². The van der Waals surface area contributed by atoms with Gasteiger partial charge in [0.1, 0.15) is 23.1 Å². The second-order valence-electron chi connectivity index (χ2n) is 9.14. The molecule has 2 rings (SSSR count). The Kier molecular flexibility index (Phi) is 12.0. The normalized spacial score (nSPS) is 18.3. The third kappa shape index (κ3) is 7.34. The molecule has 0 aromatic heterocycles. The summed E-state index contributed by atoms with van der Waals surface area (Å²) in [5, 5.41) is 0. The number of nitrogens with two attached hydrogens (primary N) is 2. The van der Waals surface area contributed by atoms with E-state index in [1.807, 2.05) is 20.8 Å². The van der Waals surface area contributed by atoms with Gasteiger partial charge >= 0.3 is 5.97 Å². The first kappa shape index (κ1) is 28.7. The van der Waals surface area contributed by atoms with E-state index < -0.39 is 6.04 Å². The molecule has 0 amide bonds. The molecule has 184 valence electrons. The van der Waals surface area contributed by atoms with Crippen LogP contribution in [0.2, 0.25) is 0 Å². The van der Waals surface area contributed by atoms with Crippen molar-refractivity contribution in [2.24, 2.45) is 11.5 Å². The van der Waals surface area contributed by atoms with Crippen LogP contribution in [0.1, 0.15) is 81.0 Å². The molecule has 0 bridgehead atoms. The van der Waals surface area contributed by atoms with Gasteiger partial charge in [0.2, 0.25) is 0 Å². The van der Waals surface area contributed by atoms with Crippen molar-refractivity contribution in [1.82, 2.24) is 0 Å². The van der Waals surface area contributed by atoms with Crippen molar-refractivity contribution in [2.75, 3.05) is 19.8 Å². The number of halogens is 1. The minimum absolute atomic E-state index is 0. The molecule has 0 saturated carbocycles. The molecule has 1 aliphatic heterocycles. The zero-order valence-corrected chi connectivity index (χ0v) is 21.4. The van der Waals surface area contributed by atoms with Crippen molar-refractivity contribution in [2.45, 2.75) is 97.6 Å². The average Bonchev–Trinajstić information content (AvgIpc) is 2.75. The highest BCUT2D eigenvalue weighted by Crippen LogP contribution is 2.44. The number of hydrogen-bond donors (Lipinski definition) is 2. The highest BCUT2D eigenvalue weighted by atomic mass is 35.5. The van der Waals surface area contributed by atoms with Crippen LogP contribution < -0.4 is 20.9 Å². The molecule has 7 heteroatoms. The van der Waals surface area contributed by atoms with Crippen molar-refractivity contribution in [1.29, 1.82) is 0 Å². The van der Waals surface area contributed by atoms with E-state index in [-0.39, 0.29) is 24.0 Å². The van der Waals surface area contributed by atoms with E-state index in [2.05, 4.69) is 13.8 Å². The summed E-state index contributed by atoms with van der Waals surface area (Å²) in [6.45, 7) is 12.3. The summed E-state index contributed by atoms with van der Waals surface area (Å²) in [7, 11) is 0. The molecule has 1 aliphatic rings. The molecular formula is C25H43ClN2O4. The van der Waals surface area contributed by atoms with Gasteiger partial charge in [-0.3, -0.25) is 0 Å². The first-order valence-electron chi connectivity index (χ1n) is 11.8. The molecule has 0 radical (unpaired) electrons. The average molecular weight is 471 g/mol. The second-order valence-corrected chi connectivity index (χ2v) is 9.14. The Morgan fingerprint density at radius 3 is 2.50 bits per heavy atom. The first-order valence-corrected chi connectivity index (χ1v) is 11.8. The monoisotopic (exact) mass is 470 g/mol. The number of fused-ring (bicyclic) bond motifs is 1. The van der Waals surface area contributed by atoms with Gasteiger partial charge in [-0.1, -0.05) is 26.2 Å². The summed E-state index contributed by atoms with van der Waals surface area (Å²) < 4.78 is 18.2. The van der Waals surface area contributed by atoms with E-state index in [1.54, 1.807) is 0 Å². The van der Waals surface area contributed by atoms with Crippen LogP contribution in [-0.2, 0) is 16.0 Å². The van der Waals surface area contributed by atoms with Gasteiger partial charge in [0.05, 0.1) is 6.61 Å². The number of benzene rings is 1. The molecule has 0 unspecified atom stereocenters. The Morgan fingerprint density at radius 2 is 1.84 bits per heavy atom. The third-order valence-electron chi connectivity index (χ3n) is 6.34. The van der Waals surface area contributed by atoms with E-state index in [1.165, 1.54) is 12.8 Å². The molecule has 0 aliphatic carbocycles. The van der Waals surface area contributed by atoms with Gasteiger partial charge in [-0.25, -0.2) is 4.79 Å². The lowest BCUT2D eigenvalue weighted by molar-refractivity contribution is -0.136. The summed E-state index contributed by atoms with van der Waals surface area (Å²) in [5.74, 6) is 1.15. The van der Waals surface area contributed by atoms with Crippen molar-refractivity contribution in [3.8, 4) is 11.5 Å². The van der Waals surface area contributed by atoms with Crippen molar-refractivity contribution in [3.63, 3.8) is 0 Å². The van der Waals surface area contributed by atoms with Crippen LogP contribution in [0, 0.1) is 20.8 Å². The summed E-state index contributed by atoms with van der Waals surface area (Å²) in [6.07, 6.45) is 7.45. The van der Waals surface area contributed by atoms with Crippen LogP contribution in [0.3, 0.4) is 0 Å². The SMILES string of the molecule is CCCCCOC[C@]1(C)CCc2c(C)c(OC(=O)[C@@H](N)CCCCN)c(C)c(C)c2O1.Cl. The number of hydrogen-bond acceptors (Lipinski definition) is 6. The number of carbonyl (C=O) groups is 1. The Bertz CT molecular complexity index is 756. The summed E-state index contributed by atoms with van der Waals surface area (Å²) in [6, 6.07) is -0.633. The van der Waals surface area contributed by atoms with E-state index in [9.17, 15) is 4.79 Å². The Balaban J connectivity index is 0.00000512. The molecule has 0 saturated heterocycles. The Labute approximate surface area is 200 Å². The maximum atomic E-state index is 12.6. The van der Waals surface area contributed by atoms with Crippen LogP contribution in [0.5, 0.6) is 11.5 Å². The maximum Gasteiger partial charge on any atom is 0.328 e. The van der Waals surface area contributed by atoms with Crippen LogP contribution in [0.25, 0.3) is 0 Å². The molecule has 4 N–H and O–H groups in total. The molecule has 32 heavy (non-hydrogen) atoms. The fourth-order valence-electron chi connectivity index (χ4n) is 4.08. The Hall–Kier alpha value is -1.34. The number of rotatable bonds is 12. The molecule has 6 nitrogen and oxygen atoms in total. The van der Waals surface area contributed by atoms with Crippen LogP contribution in [-0.4, -0.2) is 37.4 Å². The molecular weight excluding hydrogens is 428 g/mol. The second kappa shape index (κ2) is 13.4. The van der Waals surface area contributed by atoms with Gasteiger partial charge < -0.3 is 25.7 Å². The van der Waals surface area contributed by atoms with Gasteiger partial charge in [0.25, 0.3) is 0 Å². The highest BCUT2D eigenvalue weighted by Gasteiger charge is 2.35. The zero-order valence-electron chi connectivity index (χ0n) is 20.6.